The minimum atomic E-state index is -3.98. The summed E-state index contributed by atoms with van der Waals surface area (Å²) in [5.41, 5.74) is 0.373. The summed E-state index contributed by atoms with van der Waals surface area (Å²) in [6, 6.07) is 12.5. The van der Waals surface area contributed by atoms with Crippen molar-refractivity contribution in [3.05, 3.63) is 53.6 Å². The van der Waals surface area contributed by atoms with Gasteiger partial charge in [0.1, 0.15) is 12.3 Å². The maximum Gasteiger partial charge on any atom is 0.264 e. The zero-order chi connectivity index (χ0) is 23.1. The molecule has 0 unspecified atom stereocenters. The highest BCUT2D eigenvalue weighted by Crippen LogP contribution is 2.27. The van der Waals surface area contributed by atoms with Gasteiger partial charge in [0.15, 0.2) is 0 Å². The van der Waals surface area contributed by atoms with Crippen LogP contribution in [-0.4, -0.2) is 44.5 Å². The van der Waals surface area contributed by atoms with E-state index in [0.717, 1.165) is 10.1 Å². The molecular weight excluding hydrogens is 456 g/mol. The minimum absolute atomic E-state index is 0.0573. The van der Waals surface area contributed by atoms with Gasteiger partial charge in [-0.15, -0.1) is 0 Å². The topological polar surface area (TPSA) is 75.7 Å². The van der Waals surface area contributed by atoms with Crippen molar-refractivity contribution in [3.63, 3.8) is 0 Å². The lowest BCUT2D eigenvalue weighted by Crippen LogP contribution is -2.41. The number of hydrogen-bond donors (Lipinski definition) is 1. The second kappa shape index (κ2) is 11.1. The summed E-state index contributed by atoms with van der Waals surface area (Å²) in [4.78, 5) is 12.6. The Kier molecular flexibility index (Phi) is 9.09. The van der Waals surface area contributed by atoms with Crippen LogP contribution in [-0.2, 0) is 14.8 Å². The number of halogens is 1. The molecule has 1 N–H and O–H groups in total. The van der Waals surface area contributed by atoms with Gasteiger partial charge in [-0.1, -0.05) is 32.4 Å². The van der Waals surface area contributed by atoms with Crippen molar-refractivity contribution >= 4 is 45.0 Å². The normalized spacial score (nSPS) is 11.8. The summed E-state index contributed by atoms with van der Waals surface area (Å²) in [5.74, 6) is 0.988. The lowest BCUT2D eigenvalue weighted by Gasteiger charge is -2.24. The van der Waals surface area contributed by atoms with Gasteiger partial charge in [0.2, 0.25) is 5.91 Å². The number of sulfonamides is 1. The zero-order valence-corrected chi connectivity index (χ0v) is 20.6. The molecule has 0 radical (unpaired) electrons. The molecule has 9 heteroatoms. The molecule has 1 amide bonds. The molecule has 6 nitrogen and oxygen atoms in total. The number of nitrogens with one attached hydrogen (secondary N) is 1. The van der Waals surface area contributed by atoms with Crippen molar-refractivity contribution in [1.29, 1.82) is 0 Å². The fourth-order valence-electron chi connectivity index (χ4n) is 2.66. The number of carbonyl (C=O) groups excluding carboxylic acids is 1. The number of thioether (sulfide) groups is 1. The molecule has 0 fully saturated rings. The Morgan fingerprint density at radius 3 is 2.26 bits per heavy atom. The molecule has 0 aliphatic rings. The fraction of sp³-hybridized carbons (Fsp3) is 0.409. The molecule has 2 aromatic rings. The second-order valence-corrected chi connectivity index (χ2v) is 11.9. The molecule has 2 rings (SSSR count). The largest absolute Gasteiger partial charge is 0.494 e. The highest BCUT2D eigenvalue weighted by molar-refractivity contribution is 8.00. The van der Waals surface area contributed by atoms with Crippen molar-refractivity contribution in [3.8, 4) is 5.75 Å². The van der Waals surface area contributed by atoms with Crippen molar-refractivity contribution in [2.24, 2.45) is 0 Å². The Labute approximate surface area is 194 Å². The second-order valence-electron chi connectivity index (χ2n) is 7.70. The van der Waals surface area contributed by atoms with Crippen molar-refractivity contribution in [2.75, 3.05) is 29.8 Å². The summed E-state index contributed by atoms with van der Waals surface area (Å²) in [6.07, 6.45) is 0. The molecule has 0 saturated heterocycles. The number of carbonyl (C=O) groups is 1. The molecule has 0 spiro atoms. The Balaban J connectivity index is 2.23. The summed E-state index contributed by atoms with van der Waals surface area (Å²) in [5, 5.41) is 3.24. The first-order valence-electron chi connectivity index (χ1n) is 9.95. The van der Waals surface area contributed by atoms with Crippen LogP contribution in [0.2, 0.25) is 5.02 Å². The lowest BCUT2D eigenvalue weighted by atomic mass is 10.3. The Bertz CT molecular complexity index is 957. The summed E-state index contributed by atoms with van der Waals surface area (Å²) < 4.78 is 33.3. The van der Waals surface area contributed by atoms with Crippen LogP contribution >= 0.6 is 23.4 Å². The predicted octanol–water partition coefficient (Wildman–Crippen LogP) is 4.58. The Morgan fingerprint density at radius 2 is 1.71 bits per heavy atom. The van der Waals surface area contributed by atoms with Gasteiger partial charge in [-0.25, -0.2) is 8.42 Å². The Hall–Kier alpha value is -1.90. The van der Waals surface area contributed by atoms with Gasteiger partial charge in [0.05, 0.1) is 17.2 Å². The fourth-order valence-corrected chi connectivity index (χ4v) is 5.02. The highest BCUT2D eigenvalue weighted by Gasteiger charge is 2.27. The van der Waals surface area contributed by atoms with E-state index in [4.69, 9.17) is 16.3 Å². The van der Waals surface area contributed by atoms with E-state index in [1.54, 1.807) is 36.0 Å². The maximum atomic E-state index is 13.3. The summed E-state index contributed by atoms with van der Waals surface area (Å²) in [7, 11) is -3.98. The van der Waals surface area contributed by atoms with Crippen molar-refractivity contribution in [2.45, 2.75) is 37.3 Å². The minimum Gasteiger partial charge on any atom is -0.494 e. The molecule has 0 aliphatic heterocycles. The van der Waals surface area contributed by atoms with E-state index in [-0.39, 0.29) is 22.1 Å². The summed E-state index contributed by atoms with van der Waals surface area (Å²) >= 11 is 7.63. The van der Waals surface area contributed by atoms with Gasteiger partial charge in [-0.05, 0) is 55.5 Å². The molecule has 31 heavy (non-hydrogen) atoms. The van der Waals surface area contributed by atoms with E-state index in [1.807, 2.05) is 6.92 Å². The third-order valence-corrected chi connectivity index (χ3v) is 7.40. The monoisotopic (exact) mass is 484 g/mol. The van der Waals surface area contributed by atoms with Crippen LogP contribution in [0.25, 0.3) is 0 Å². The van der Waals surface area contributed by atoms with Crippen LogP contribution in [0.4, 0.5) is 5.69 Å². The predicted molar refractivity (Wildman–Crippen MR) is 129 cm³/mol. The molecule has 0 aromatic heterocycles. The zero-order valence-electron chi connectivity index (χ0n) is 18.2. The molecule has 0 heterocycles. The molecule has 0 saturated carbocycles. The average molecular weight is 485 g/mol. The van der Waals surface area contributed by atoms with E-state index in [2.05, 4.69) is 26.1 Å². The standard InChI is InChI=1S/C22H29ClN2O4S2/c1-5-29-19-10-8-18(9-11-19)25(16-21(26)24-14-15-30-22(2,3)4)31(27,28)20-12-6-17(23)7-13-20/h6-13H,5,14-16H2,1-4H3,(H,24,26). The first-order chi connectivity index (χ1) is 14.5. The third kappa shape index (κ3) is 7.94. The van der Waals surface area contributed by atoms with Gasteiger partial charge in [-0.3, -0.25) is 9.10 Å². The third-order valence-electron chi connectivity index (χ3n) is 4.08. The van der Waals surface area contributed by atoms with Gasteiger partial charge >= 0.3 is 0 Å². The first kappa shape index (κ1) is 25.4. The number of hydrogen-bond acceptors (Lipinski definition) is 5. The van der Waals surface area contributed by atoms with E-state index < -0.39 is 10.0 Å². The van der Waals surface area contributed by atoms with E-state index in [0.29, 0.717) is 29.6 Å². The SMILES string of the molecule is CCOc1ccc(N(CC(=O)NCCSC(C)(C)C)S(=O)(=O)c2ccc(Cl)cc2)cc1. The maximum absolute atomic E-state index is 13.3. The van der Waals surface area contributed by atoms with Gasteiger partial charge < -0.3 is 10.1 Å². The van der Waals surface area contributed by atoms with Crippen molar-refractivity contribution < 1.29 is 17.9 Å². The number of amides is 1. The smallest absolute Gasteiger partial charge is 0.264 e. The lowest BCUT2D eigenvalue weighted by molar-refractivity contribution is -0.119. The average Bonchev–Trinajstić information content (AvgIpc) is 2.70. The van der Waals surface area contributed by atoms with Crippen LogP contribution in [0.15, 0.2) is 53.4 Å². The Morgan fingerprint density at radius 1 is 1.10 bits per heavy atom. The van der Waals surface area contributed by atoms with Crippen LogP contribution in [0, 0.1) is 0 Å². The van der Waals surface area contributed by atoms with E-state index in [9.17, 15) is 13.2 Å². The number of benzene rings is 2. The summed E-state index contributed by atoms with van der Waals surface area (Å²) in [6.45, 7) is 8.80. The first-order valence-corrected chi connectivity index (χ1v) is 12.7. The molecular formula is C22H29ClN2O4S2. The van der Waals surface area contributed by atoms with Crippen LogP contribution in [0.1, 0.15) is 27.7 Å². The number of nitrogens with zero attached hydrogens (tertiary/aromatic N) is 1. The number of ether oxygens (including phenoxy) is 1. The highest BCUT2D eigenvalue weighted by atomic mass is 35.5. The van der Waals surface area contributed by atoms with Gasteiger partial charge in [0, 0.05) is 22.1 Å². The van der Waals surface area contributed by atoms with E-state index in [1.165, 1.54) is 24.3 Å². The van der Waals surface area contributed by atoms with Gasteiger partial charge in [0.25, 0.3) is 10.0 Å². The van der Waals surface area contributed by atoms with Crippen LogP contribution < -0.4 is 14.4 Å². The van der Waals surface area contributed by atoms with Crippen molar-refractivity contribution in [1.82, 2.24) is 5.32 Å². The van der Waals surface area contributed by atoms with Crippen LogP contribution in [0.5, 0.6) is 5.75 Å². The van der Waals surface area contributed by atoms with Crippen LogP contribution in [0.3, 0.4) is 0 Å². The molecule has 0 aliphatic carbocycles. The van der Waals surface area contributed by atoms with Gasteiger partial charge in [-0.2, -0.15) is 11.8 Å². The molecule has 0 bridgehead atoms. The molecule has 2 aromatic carbocycles. The number of rotatable bonds is 10. The van der Waals surface area contributed by atoms with E-state index >= 15 is 0 Å². The quantitative estimate of drug-likeness (QED) is 0.499. The molecule has 0 atom stereocenters. The number of anilines is 1. The molecule has 170 valence electrons.